The maximum atomic E-state index is 12.4. The van der Waals surface area contributed by atoms with Crippen LogP contribution >= 0.6 is 11.3 Å². The highest BCUT2D eigenvalue weighted by Crippen LogP contribution is 2.27. The Morgan fingerprint density at radius 3 is 2.48 bits per heavy atom. The Morgan fingerprint density at radius 1 is 1.16 bits per heavy atom. The molecule has 0 saturated carbocycles. The first-order valence-corrected chi connectivity index (χ1v) is 8.70. The summed E-state index contributed by atoms with van der Waals surface area (Å²) in [4.78, 5) is 24.8. The third kappa shape index (κ3) is 3.64. The molecule has 0 spiro atoms. The molecule has 2 amide bonds. The molecule has 0 fully saturated rings. The molecule has 5 nitrogen and oxygen atoms in total. The van der Waals surface area contributed by atoms with Gasteiger partial charge in [0.15, 0.2) is 5.76 Å². The van der Waals surface area contributed by atoms with Crippen LogP contribution in [0.15, 0.2) is 46.9 Å². The van der Waals surface area contributed by atoms with Gasteiger partial charge in [0, 0.05) is 10.4 Å². The third-order valence-corrected chi connectivity index (χ3v) is 4.95. The summed E-state index contributed by atoms with van der Waals surface area (Å²) in [5, 5.41) is 2.75. The SMILES string of the molecule is CCc1ccc(-c2ccc(C(=O)Nc3cc(C(N)=O)sc3C)o2)cc1. The lowest BCUT2D eigenvalue weighted by Crippen LogP contribution is -2.11. The fraction of sp³-hybridized carbons (Fsp3) is 0.158. The van der Waals surface area contributed by atoms with Crippen molar-refractivity contribution in [2.45, 2.75) is 20.3 Å². The van der Waals surface area contributed by atoms with Crippen molar-refractivity contribution in [2.75, 3.05) is 5.32 Å². The fourth-order valence-corrected chi connectivity index (χ4v) is 3.26. The molecule has 0 aliphatic heterocycles. The number of nitrogens with two attached hydrogens (primary N) is 1. The summed E-state index contributed by atoms with van der Waals surface area (Å²) in [6, 6.07) is 13.0. The molecule has 3 rings (SSSR count). The highest BCUT2D eigenvalue weighted by molar-refractivity contribution is 7.14. The lowest BCUT2D eigenvalue weighted by Gasteiger charge is -2.02. The molecule has 1 aromatic carbocycles. The van der Waals surface area contributed by atoms with Crippen molar-refractivity contribution in [3.63, 3.8) is 0 Å². The topological polar surface area (TPSA) is 85.3 Å². The van der Waals surface area contributed by atoms with Crippen LogP contribution in [0.3, 0.4) is 0 Å². The van der Waals surface area contributed by atoms with Gasteiger partial charge in [-0.05, 0) is 37.1 Å². The molecule has 0 radical (unpaired) electrons. The van der Waals surface area contributed by atoms with Crippen LogP contribution in [-0.2, 0) is 6.42 Å². The second-order valence-corrected chi connectivity index (χ2v) is 6.87. The summed E-state index contributed by atoms with van der Waals surface area (Å²) in [5.41, 5.74) is 7.99. The van der Waals surface area contributed by atoms with Crippen molar-refractivity contribution in [3.8, 4) is 11.3 Å². The third-order valence-electron chi connectivity index (χ3n) is 3.89. The minimum atomic E-state index is -0.510. The second-order valence-electron chi connectivity index (χ2n) is 5.61. The van der Waals surface area contributed by atoms with Crippen molar-refractivity contribution >= 4 is 28.8 Å². The van der Waals surface area contributed by atoms with Gasteiger partial charge < -0.3 is 15.5 Å². The standard InChI is InChI=1S/C19H18N2O3S/c1-3-12-4-6-13(7-5-12)15-8-9-16(24-15)19(23)21-14-10-17(18(20)22)25-11(14)2/h4-10H,3H2,1-2H3,(H2,20,22)(H,21,23). The number of amides is 2. The Hall–Kier alpha value is -2.86. The molecular formula is C19H18N2O3S. The molecule has 2 aromatic heterocycles. The van der Waals surface area contributed by atoms with Crippen molar-refractivity contribution in [3.05, 3.63) is 63.5 Å². The molecule has 128 valence electrons. The Balaban J connectivity index is 1.77. The normalized spacial score (nSPS) is 10.6. The first kappa shape index (κ1) is 17.0. The molecule has 3 aromatic rings. The van der Waals surface area contributed by atoms with Crippen LogP contribution in [0.4, 0.5) is 5.69 Å². The zero-order chi connectivity index (χ0) is 18.0. The van der Waals surface area contributed by atoms with E-state index in [2.05, 4.69) is 12.2 Å². The predicted octanol–water partition coefficient (Wildman–Crippen LogP) is 4.23. The molecule has 6 heteroatoms. The van der Waals surface area contributed by atoms with Crippen molar-refractivity contribution < 1.29 is 14.0 Å². The Labute approximate surface area is 149 Å². The Morgan fingerprint density at radius 2 is 1.88 bits per heavy atom. The molecular weight excluding hydrogens is 336 g/mol. The van der Waals surface area contributed by atoms with E-state index in [0.717, 1.165) is 16.9 Å². The second kappa shape index (κ2) is 6.94. The molecule has 2 heterocycles. The van der Waals surface area contributed by atoms with Crippen LogP contribution in [0.5, 0.6) is 0 Å². The van der Waals surface area contributed by atoms with Gasteiger partial charge in [0.2, 0.25) is 0 Å². The number of nitrogens with one attached hydrogen (secondary N) is 1. The van der Waals surface area contributed by atoms with E-state index in [-0.39, 0.29) is 11.7 Å². The highest BCUT2D eigenvalue weighted by Gasteiger charge is 2.16. The van der Waals surface area contributed by atoms with Gasteiger partial charge in [-0.25, -0.2) is 0 Å². The lowest BCUT2D eigenvalue weighted by atomic mass is 10.1. The number of thiophene rings is 1. The fourth-order valence-electron chi connectivity index (χ4n) is 2.43. The van der Waals surface area contributed by atoms with Crippen molar-refractivity contribution in [2.24, 2.45) is 5.73 Å². The van der Waals surface area contributed by atoms with Crippen molar-refractivity contribution in [1.29, 1.82) is 0 Å². The number of primary amides is 1. The number of carbonyl (C=O) groups excluding carboxylic acids is 2. The van der Waals surface area contributed by atoms with E-state index in [1.165, 1.54) is 16.9 Å². The van der Waals surface area contributed by atoms with Gasteiger partial charge in [0.05, 0.1) is 10.6 Å². The van der Waals surface area contributed by atoms with Crippen LogP contribution in [0.25, 0.3) is 11.3 Å². The Kier molecular flexibility index (Phi) is 4.72. The molecule has 0 aliphatic carbocycles. The summed E-state index contributed by atoms with van der Waals surface area (Å²) >= 11 is 1.25. The molecule has 0 saturated heterocycles. The zero-order valence-corrected chi connectivity index (χ0v) is 14.8. The molecule has 3 N–H and O–H groups in total. The molecule has 25 heavy (non-hydrogen) atoms. The van der Waals surface area contributed by atoms with Crippen LogP contribution in [-0.4, -0.2) is 11.8 Å². The van der Waals surface area contributed by atoms with E-state index in [0.29, 0.717) is 16.3 Å². The number of furan rings is 1. The largest absolute Gasteiger partial charge is 0.451 e. The summed E-state index contributed by atoms with van der Waals surface area (Å²) < 4.78 is 5.67. The number of hydrogen-bond donors (Lipinski definition) is 2. The minimum absolute atomic E-state index is 0.209. The number of anilines is 1. The smallest absolute Gasteiger partial charge is 0.291 e. The average molecular weight is 354 g/mol. The first-order chi connectivity index (χ1) is 12.0. The summed E-state index contributed by atoms with van der Waals surface area (Å²) in [7, 11) is 0. The number of benzene rings is 1. The molecule has 0 unspecified atom stereocenters. The van der Waals surface area contributed by atoms with Crippen molar-refractivity contribution in [1.82, 2.24) is 0 Å². The monoisotopic (exact) mass is 354 g/mol. The van der Waals surface area contributed by atoms with E-state index in [4.69, 9.17) is 10.2 Å². The first-order valence-electron chi connectivity index (χ1n) is 7.88. The number of aryl methyl sites for hydroxylation is 2. The van der Waals surface area contributed by atoms with Crippen LogP contribution in [0, 0.1) is 6.92 Å². The summed E-state index contributed by atoms with van der Waals surface area (Å²) in [6.07, 6.45) is 0.972. The van der Waals surface area contributed by atoms with Gasteiger partial charge in [-0.15, -0.1) is 11.3 Å². The predicted molar refractivity (Wildman–Crippen MR) is 99.0 cm³/mol. The van der Waals surface area contributed by atoms with Gasteiger partial charge in [-0.1, -0.05) is 31.2 Å². The summed E-state index contributed by atoms with van der Waals surface area (Å²) in [6.45, 7) is 3.91. The highest BCUT2D eigenvalue weighted by atomic mass is 32.1. The van der Waals surface area contributed by atoms with Crippen LogP contribution in [0.2, 0.25) is 0 Å². The van der Waals surface area contributed by atoms with E-state index in [1.807, 2.05) is 31.2 Å². The average Bonchev–Trinajstić information content (AvgIpc) is 3.23. The van der Waals surface area contributed by atoms with Gasteiger partial charge >= 0.3 is 0 Å². The van der Waals surface area contributed by atoms with Crippen LogP contribution < -0.4 is 11.1 Å². The summed E-state index contributed by atoms with van der Waals surface area (Å²) in [5.74, 6) is -0.0359. The lowest BCUT2D eigenvalue weighted by molar-refractivity contribution is 0.0990. The maximum absolute atomic E-state index is 12.4. The molecule has 0 aliphatic rings. The Bertz CT molecular complexity index is 923. The quantitative estimate of drug-likeness (QED) is 0.719. The zero-order valence-electron chi connectivity index (χ0n) is 14.0. The van der Waals surface area contributed by atoms with E-state index < -0.39 is 5.91 Å². The van der Waals surface area contributed by atoms with Gasteiger partial charge in [0.1, 0.15) is 5.76 Å². The van der Waals surface area contributed by atoms with Crippen LogP contribution in [0.1, 0.15) is 37.6 Å². The number of carbonyl (C=O) groups is 2. The van der Waals surface area contributed by atoms with E-state index in [9.17, 15) is 9.59 Å². The number of hydrogen-bond acceptors (Lipinski definition) is 4. The van der Waals surface area contributed by atoms with Gasteiger partial charge in [-0.3, -0.25) is 9.59 Å². The maximum Gasteiger partial charge on any atom is 0.291 e. The van der Waals surface area contributed by atoms with Gasteiger partial charge in [0.25, 0.3) is 11.8 Å². The van der Waals surface area contributed by atoms with E-state index in [1.54, 1.807) is 18.2 Å². The molecule has 0 atom stereocenters. The van der Waals surface area contributed by atoms with E-state index >= 15 is 0 Å². The number of rotatable bonds is 5. The molecule has 0 bridgehead atoms. The minimum Gasteiger partial charge on any atom is -0.451 e. The van der Waals surface area contributed by atoms with Gasteiger partial charge in [-0.2, -0.15) is 0 Å².